The van der Waals surface area contributed by atoms with Crippen molar-refractivity contribution in [2.75, 3.05) is 20.3 Å². The van der Waals surface area contributed by atoms with Crippen molar-refractivity contribution >= 4 is 5.91 Å². The predicted molar refractivity (Wildman–Crippen MR) is 52.3 cm³/mol. The van der Waals surface area contributed by atoms with Crippen LogP contribution in [0.25, 0.3) is 0 Å². The fraction of sp³-hybridized carbons (Fsp3) is 0.889. The number of rotatable bonds is 4. The van der Waals surface area contributed by atoms with E-state index in [2.05, 4.69) is 5.32 Å². The minimum atomic E-state index is -0.468. The molecule has 0 aromatic rings. The molecule has 0 saturated heterocycles. The minimum Gasteiger partial charge on any atom is -0.383 e. The molecule has 0 aliphatic heterocycles. The summed E-state index contributed by atoms with van der Waals surface area (Å²) in [6, 6.07) is -0.468. The Morgan fingerprint density at radius 1 is 1.54 bits per heavy atom. The SMILES string of the molecule is COCCNC(=O)C(N)C(C)(C)C. The molecule has 1 atom stereocenters. The summed E-state index contributed by atoms with van der Waals surface area (Å²) in [5.41, 5.74) is 5.53. The number of carbonyl (C=O) groups is 1. The molecule has 0 rings (SSSR count). The number of nitrogens with two attached hydrogens (primary N) is 1. The van der Waals surface area contributed by atoms with Crippen molar-refractivity contribution in [3.63, 3.8) is 0 Å². The molecule has 13 heavy (non-hydrogen) atoms. The van der Waals surface area contributed by atoms with E-state index in [-0.39, 0.29) is 11.3 Å². The largest absolute Gasteiger partial charge is 0.383 e. The summed E-state index contributed by atoms with van der Waals surface area (Å²) in [6.45, 7) is 6.84. The van der Waals surface area contributed by atoms with Crippen LogP contribution in [0.3, 0.4) is 0 Å². The second kappa shape index (κ2) is 5.19. The third kappa shape index (κ3) is 4.85. The van der Waals surface area contributed by atoms with Crippen molar-refractivity contribution in [2.24, 2.45) is 11.1 Å². The molecule has 4 nitrogen and oxygen atoms in total. The molecule has 0 bridgehead atoms. The smallest absolute Gasteiger partial charge is 0.237 e. The minimum absolute atomic E-state index is 0.121. The first-order valence-corrected chi connectivity index (χ1v) is 4.42. The van der Waals surface area contributed by atoms with Gasteiger partial charge in [0.15, 0.2) is 0 Å². The Hall–Kier alpha value is -0.610. The van der Waals surface area contributed by atoms with Crippen LogP contribution in [-0.2, 0) is 9.53 Å². The van der Waals surface area contributed by atoms with E-state index in [1.165, 1.54) is 0 Å². The predicted octanol–water partition coefficient (Wildman–Crippen LogP) is 0.122. The fourth-order valence-electron chi connectivity index (χ4n) is 0.780. The quantitative estimate of drug-likeness (QED) is 0.616. The van der Waals surface area contributed by atoms with Gasteiger partial charge in [-0.15, -0.1) is 0 Å². The Kier molecular flexibility index (Phi) is 4.95. The van der Waals surface area contributed by atoms with Crippen molar-refractivity contribution < 1.29 is 9.53 Å². The van der Waals surface area contributed by atoms with Gasteiger partial charge in [0, 0.05) is 13.7 Å². The van der Waals surface area contributed by atoms with Crippen molar-refractivity contribution in [3.8, 4) is 0 Å². The molecule has 0 aromatic carbocycles. The van der Waals surface area contributed by atoms with E-state index >= 15 is 0 Å². The molecule has 0 radical (unpaired) electrons. The number of nitrogens with one attached hydrogen (secondary N) is 1. The molecule has 0 aromatic heterocycles. The Morgan fingerprint density at radius 2 is 2.08 bits per heavy atom. The zero-order valence-electron chi connectivity index (χ0n) is 8.89. The van der Waals surface area contributed by atoms with Crippen molar-refractivity contribution in [3.05, 3.63) is 0 Å². The summed E-state index contributed by atoms with van der Waals surface area (Å²) in [4.78, 5) is 11.4. The van der Waals surface area contributed by atoms with Crippen molar-refractivity contribution in [1.29, 1.82) is 0 Å². The molecule has 3 N–H and O–H groups in total. The van der Waals surface area contributed by atoms with Crippen LogP contribution in [0.4, 0.5) is 0 Å². The van der Waals surface area contributed by atoms with Gasteiger partial charge >= 0.3 is 0 Å². The lowest BCUT2D eigenvalue weighted by molar-refractivity contribution is -0.124. The lowest BCUT2D eigenvalue weighted by atomic mass is 9.87. The number of amides is 1. The standard InChI is InChI=1S/C9H20N2O2/c1-9(2,3)7(10)8(12)11-5-6-13-4/h7H,5-6,10H2,1-4H3,(H,11,12). The highest BCUT2D eigenvalue weighted by Gasteiger charge is 2.26. The maximum atomic E-state index is 11.4. The van der Waals surface area contributed by atoms with Crippen LogP contribution in [0, 0.1) is 5.41 Å². The average molecular weight is 188 g/mol. The second-order valence-corrected chi connectivity index (χ2v) is 4.13. The summed E-state index contributed by atoms with van der Waals surface area (Å²) in [6.07, 6.45) is 0. The molecular weight excluding hydrogens is 168 g/mol. The van der Waals surface area contributed by atoms with Crippen molar-refractivity contribution in [2.45, 2.75) is 26.8 Å². The van der Waals surface area contributed by atoms with E-state index in [0.717, 1.165) is 0 Å². The zero-order chi connectivity index (χ0) is 10.5. The molecule has 0 fully saturated rings. The van der Waals surface area contributed by atoms with E-state index in [0.29, 0.717) is 13.2 Å². The fourth-order valence-corrected chi connectivity index (χ4v) is 0.780. The Balaban J connectivity index is 3.84. The average Bonchev–Trinajstić information content (AvgIpc) is 2.01. The van der Waals surface area contributed by atoms with Gasteiger partial charge in [-0.3, -0.25) is 4.79 Å². The van der Waals surface area contributed by atoms with Gasteiger partial charge in [0.05, 0.1) is 12.6 Å². The van der Waals surface area contributed by atoms with Gasteiger partial charge in [0.1, 0.15) is 0 Å². The highest BCUT2D eigenvalue weighted by atomic mass is 16.5. The van der Waals surface area contributed by atoms with E-state index in [9.17, 15) is 4.79 Å². The molecule has 78 valence electrons. The molecule has 1 amide bonds. The molecule has 1 unspecified atom stereocenters. The Morgan fingerprint density at radius 3 is 2.46 bits per heavy atom. The first-order valence-electron chi connectivity index (χ1n) is 4.42. The van der Waals surface area contributed by atoms with Gasteiger partial charge in [-0.1, -0.05) is 20.8 Å². The van der Waals surface area contributed by atoms with Crippen LogP contribution in [0.2, 0.25) is 0 Å². The number of hydrogen-bond acceptors (Lipinski definition) is 3. The van der Waals surface area contributed by atoms with Gasteiger partial charge < -0.3 is 15.8 Å². The van der Waals surface area contributed by atoms with Crippen LogP contribution >= 0.6 is 0 Å². The monoisotopic (exact) mass is 188 g/mol. The maximum absolute atomic E-state index is 11.4. The van der Waals surface area contributed by atoms with E-state index in [1.54, 1.807) is 7.11 Å². The molecular formula is C9H20N2O2. The molecule has 4 heteroatoms. The molecule has 0 heterocycles. The second-order valence-electron chi connectivity index (χ2n) is 4.13. The summed E-state index contributed by atoms with van der Waals surface area (Å²) in [5, 5.41) is 2.70. The van der Waals surface area contributed by atoms with Crippen LogP contribution < -0.4 is 11.1 Å². The van der Waals surface area contributed by atoms with Crippen LogP contribution in [-0.4, -0.2) is 32.2 Å². The Bertz CT molecular complexity index is 163. The molecule has 0 saturated carbocycles. The first-order chi connectivity index (χ1) is 5.89. The number of carbonyl (C=O) groups excluding carboxylic acids is 1. The zero-order valence-corrected chi connectivity index (χ0v) is 8.89. The summed E-state index contributed by atoms with van der Waals surface area (Å²) >= 11 is 0. The number of ether oxygens (including phenoxy) is 1. The van der Waals surface area contributed by atoms with Gasteiger partial charge in [0.25, 0.3) is 0 Å². The van der Waals surface area contributed by atoms with E-state index in [1.807, 2.05) is 20.8 Å². The molecule has 0 aliphatic carbocycles. The third-order valence-corrected chi connectivity index (χ3v) is 1.82. The lowest BCUT2D eigenvalue weighted by Gasteiger charge is -2.25. The van der Waals surface area contributed by atoms with Gasteiger partial charge in [0.2, 0.25) is 5.91 Å². The summed E-state index contributed by atoms with van der Waals surface area (Å²) in [7, 11) is 1.59. The maximum Gasteiger partial charge on any atom is 0.237 e. The van der Waals surface area contributed by atoms with Crippen molar-refractivity contribution in [1.82, 2.24) is 5.32 Å². The van der Waals surface area contributed by atoms with E-state index < -0.39 is 6.04 Å². The van der Waals surface area contributed by atoms with Crippen LogP contribution in [0.5, 0.6) is 0 Å². The highest BCUT2D eigenvalue weighted by Crippen LogP contribution is 2.16. The Labute approximate surface area is 79.8 Å². The number of hydrogen-bond donors (Lipinski definition) is 2. The normalized spacial score (nSPS) is 13.9. The van der Waals surface area contributed by atoms with Gasteiger partial charge in [-0.25, -0.2) is 0 Å². The lowest BCUT2D eigenvalue weighted by Crippen LogP contribution is -2.49. The highest BCUT2D eigenvalue weighted by molar-refractivity contribution is 5.82. The molecule has 0 spiro atoms. The van der Waals surface area contributed by atoms with Gasteiger partial charge in [-0.05, 0) is 5.41 Å². The topological polar surface area (TPSA) is 64.3 Å². The van der Waals surface area contributed by atoms with Gasteiger partial charge in [-0.2, -0.15) is 0 Å². The summed E-state index contributed by atoms with van der Waals surface area (Å²) in [5.74, 6) is -0.121. The third-order valence-electron chi connectivity index (χ3n) is 1.82. The van der Waals surface area contributed by atoms with E-state index in [4.69, 9.17) is 10.5 Å². The summed E-state index contributed by atoms with van der Waals surface area (Å²) < 4.78 is 4.80. The van der Waals surface area contributed by atoms with Crippen LogP contribution in [0.15, 0.2) is 0 Å². The number of methoxy groups -OCH3 is 1. The molecule has 0 aliphatic rings. The first kappa shape index (κ1) is 12.4. The van der Waals surface area contributed by atoms with Crippen LogP contribution in [0.1, 0.15) is 20.8 Å².